The number of phosphoric acid groups is 2. The van der Waals surface area contributed by atoms with Crippen LogP contribution in [0.1, 0.15) is 160 Å². The molecule has 1 aliphatic rings. The number of hydrogen-bond acceptors (Lipinski definition) is 12. The molecule has 0 saturated carbocycles. The third kappa shape index (κ3) is 21.0. The molecule has 1 aliphatic heterocycles. The van der Waals surface area contributed by atoms with Crippen LogP contribution in [-0.2, 0) is 43.2 Å². The van der Waals surface area contributed by atoms with Crippen LogP contribution in [0.3, 0.4) is 0 Å². The molecule has 2 unspecified atom stereocenters. The Morgan fingerprint density at radius 3 is 1.91 bits per heavy atom. The molecule has 0 spiro atoms. The number of aromatic amines is 1. The number of nitrogens with one attached hydrogen (secondary N) is 1. The van der Waals surface area contributed by atoms with Crippen LogP contribution in [0.2, 0.25) is 0 Å². The minimum absolute atomic E-state index is 0. The molecule has 1 aromatic carbocycles. The van der Waals surface area contributed by atoms with E-state index in [0.717, 1.165) is 44.9 Å². The molecule has 0 amide bonds. The molecule has 0 fully saturated rings. The van der Waals surface area contributed by atoms with Gasteiger partial charge in [-0.25, -0.2) is 13.9 Å². The smallest absolute Gasteiger partial charge is 0.427 e. The first-order valence-corrected chi connectivity index (χ1v) is 23.9. The Hall–Kier alpha value is -2.71. The van der Waals surface area contributed by atoms with E-state index in [-0.39, 0.29) is 25.3 Å². The summed E-state index contributed by atoms with van der Waals surface area (Å²) in [6.07, 6.45) is 24.1. The lowest BCUT2D eigenvalue weighted by Crippen LogP contribution is -2.33. The summed E-state index contributed by atoms with van der Waals surface area (Å²) in [7, 11) is -9.68. The van der Waals surface area contributed by atoms with Crippen LogP contribution in [0.15, 0.2) is 52.2 Å². The number of hydrogen-bond donors (Lipinski definition) is 3. The number of nitrogens with zero attached hydrogens (tertiary/aromatic N) is 1. The molecule has 1 aromatic heterocycles. The van der Waals surface area contributed by atoms with Crippen molar-refractivity contribution in [2.75, 3.05) is 13.2 Å². The summed E-state index contributed by atoms with van der Waals surface area (Å²) in [6, 6.07) is 6.43. The second-order valence-corrected chi connectivity index (χ2v) is 18.0. The van der Waals surface area contributed by atoms with Crippen LogP contribution in [-0.4, -0.2) is 39.7 Å². The van der Waals surface area contributed by atoms with Gasteiger partial charge in [0, 0.05) is 18.2 Å². The zero-order chi connectivity index (χ0) is 41.4. The molecule has 58 heavy (non-hydrogen) atoms. The number of aromatic nitrogens is 2. The Balaban J connectivity index is 0.0000116. The van der Waals surface area contributed by atoms with E-state index in [2.05, 4.69) is 18.8 Å². The maximum Gasteiger partial charge on any atom is 0.484 e. The highest BCUT2D eigenvalue weighted by atomic mass is 31.3. The highest BCUT2D eigenvalue weighted by Crippen LogP contribution is 2.64. The van der Waals surface area contributed by atoms with E-state index in [1.165, 1.54) is 93.5 Å². The van der Waals surface area contributed by atoms with Crippen molar-refractivity contribution in [3.8, 4) is 5.75 Å². The van der Waals surface area contributed by atoms with E-state index in [1.54, 1.807) is 31.2 Å². The maximum absolute atomic E-state index is 13.8. The number of aryl methyl sites for hydroxylation is 1. The number of rotatable bonds is 32. The van der Waals surface area contributed by atoms with Crippen molar-refractivity contribution in [1.29, 1.82) is 0 Å². The molecule has 17 heteroatoms. The lowest BCUT2D eigenvalue weighted by atomic mass is 10.1. The van der Waals surface area contributed by atoms with E-state index in [1.807, 2.05) is 0 Å². The van der Waals surface area contributed by atoms with Crippen molar-refractivity contribution in [2.45, 2.75) is 168 Å². The average molecular weight is 858 g/mol. The fourth-order valence-electron chi connectivity index (χ4n) is 6.25. The quantitative estimate of drug-likeness (QED) is 0.0205. The molecule has 4 atom stereocenters. The lowest BCUT2D eigenvalue weighted by Gasteiger charge is -2.22. The molecule has 5 N–H and O–H groups in total. The Bertz CT molecular complexity index is 1700. The summed E-state index contributed by atoms with van der Waals surface area (Å²) in [5, 5.41) is 0. The van der Waals surface area contributed by atoms with Crippen LogP contribution < -0.4 is 22.1 Å². The van der Waals surface area contributed by atoms with Crippen molar-refractivity contribution < 1.29 is 46.2 Å². The second-order valence-electron chi connectivity index (χ2n) is 14.7. The SMILES string of the molecule is CCCCCCCCCCCCOP(=O)(OCc1ccc(OC(=O)CCCCCCCCCCC)cc1)OP(=O)(O)OC[C@@H]1C=C[C@H](n2cc(C)c(=O)[nH]c2=O)O1.N. The summed E-state index contributed by atoms with van der Waals surface area (Å²) in [4.78, 5) is 49.2. The normalized spacial score (nSPS) is 17.1. The summed E-state index contributed by atoms with van der Waals surface area (Å²) in [5.74, 6) is 0.0453. The van der Waals surface area contributed by atoms with Crippen LogP contribution in [0.5, 0.6) is 5.75 Å². The fourth-order valence-corrected chi connectivity index (χ4v) is 8.90. The number of esters is 1. The van der Waals surface area contributed by atoms with Gasteiger partial charge in [-0.2, -0.15) is 4.31 Å². The summed E-state index contributed by atoms with van der Waals surface area (Å²) < 4.78 is 60.5. The summed E-state index contributed by atoms with van der Waals surface area (Å²) >= 11 is 0. The molecular weight excluding hydrogens is 788 g/mol. The zero-order valence-corrected chi connectivity index (χ0v) is 36.7. The monoisotopic (exact) mass is 857 g/mol. The van der Waals surface area contributed by atoms with Gasteiger partial charge in [-0.1, -0.05) is 141 Å². The van der Waals surface area contributed by atoms with Crippen molar-refractivity contribution in [3.63, 3.8) is 0 Å². The molecule has 0 aliphatic carbocycles. The topological polar surface area (TPSA) is 217 Å². The Morgan fingerprint density at radius 2 is 1.33 bits per heavy atom. The number of benzene rings is 1. The molecule has 330 valence electrons. The van der Waals surface area contributed by atoms with Crippen molar-refractivity contribution in [1.82, 2.24) is 15.7 Å². The molecule has 0 bridgehead atoms. The summed E-state index contributed by atoms with van der Waals surface area (Å²) in [6.45, 7) is 5.12. The Morgan fingerprint density at radius 1 is 0.776 bits per heavy atom. The molecule has 3 rings (SSSR count). The predicted molar refractivity (Wildman–Crippen MR) is 225 cm³/mol. The number of carbonyl (C=O) groups is 1. The minimum atomic E-state index is -5.03. The van der Waals surface area contributed by atoms with Gasteiger partial charge in [0.1, 0.15) is 11.9 Å². The van der Waals surface area contributed by atoms with Crippen molar-refractivity contribution in [3.05, 3.63) is 74.6 Å². The Kier molecular flexibility index (Phi) is 25.5. The van der Waals surface area contributed by atoms with Gasteiger partial charge < -0.3 is 20.5 Å². The Labute approximate surface area is 344 Å². The number of ether oxygens (including phenoxy) is 2. The van der Waals surface area contributed by atoms with E-state index < -0.39 is 45.8 Å². The van der Waals surface area contributed by atoms with E-state index in [0.29, 0.717) is 29.7 Å². The summed E-state index contributed by atoms with van der Waals surface area (Å²) in [5.41, 5.74) is -0.379. The number of unbranched alkanes of at least 4 members (excludes halogenated alkanes) is 17. The first kappa shape index (κ1) is 51.4. The first-order chi connectivity index (χ1) is 27.4. The third-order valence-electron chi connectivity index (χ3n) is 9.61. The van der Waals surface area contributed by atoms with Crippen LogP contribution in [0, 0.1) is 6.92 Å². The standard InChI is InChI=1S/C41H66N2O12P2.H3N/c1-4-6-8-10-12-14-16-18-20-22-30-50-57(49,55-56(47,48)51-33-37-28-29-38(53-37)43-31-34(3)40(45)42-41(43)46)52-32-35-24-26-36(27-25-35)54-39(44)23-21-19-17-15-13-11-9-7-5-2;/h24-29,31,37-38H,4-23,30,32-33H2,1-3H3,(H,47,48)(H,42,45,46);1H3/t37-,38+,57?;/m0./s1. The minimum Gasteiger partial charge on any atom is -0.427 e. The van der Waals surface area contributed by atoms with Gasteiger partial charge in [0.15, 0.2) is 6.23 Å². The first-order valence-electron chi connectivity index (χ1n) is 21.0. The second kappa shape index (κ2) is 28.7. The maximum atomic E-state index is 13.8. The largest absolute Gasteiger partial charge is 0.484 e. The van der Waals surface area contributed by atoms with E-state index in [9.17, 15) is 28.4 Å². The van der Waals surface area contributed by atoms with Crippen LogP contribution >= 0.6 is 15.6 Å². The highest BCUT2D eigenvalue weighted by molar-refractivity contribution is 7.61. The fraction of sp³-hybridized carbons (Fsp3) is 0.683. The molecule has 2 heterocycles. The van der Waals surface area contributed by atoms with Gasteiger partial charge in [0.25, 0.3) is 5.56 Å². The van der Waals surface area contributed by atoms with Crippen LogP contribution in [0.25, 0.3) is 0 Å². The number of carbonyl (C=O) groups excluding carboxylic acids is 1. The van der Waals surface area contributed by atoms with Gasteiger partial charge in [-0.05, 0) is 43.5 Å². The van der Waals surface area contributed by atoms with E-state index in [4.69, 9.17) is 27.4 Å². The van der Waals surface area contributed by atoms with Crippen molar-refractivity contribution >= 4 is 21.6 Å². The third-order valence-corrected chi connectivity index (χ3v) is 12.7. The molecule has 0 radical (unpaired) electrons. The molecule has 2 aromatic rings. The van der Waals surface area contributed by atoms with Gasteiger partial charge in [-0.15, -0.1) is 0 Å². The zero-order valence-electron chi connectivity index (χ0n) is 34.9. The average Bonchev–Trinajstić information content (AvgIpc) is 3.65. The lowest BCUT2D eigenvalue weighted by molar-refractivity contribution is -0.134. The van der Waals surface area contributed by atoms with Gasteiger partial charge in [0.2, 0.25) is 0 Å². The van der Waals surface area contributed by atoms with Crippen LogP contribution in [0.4, 0.5) is 0 Å². The molecule has 0 saturated heterocycles. The molecule has 15 nitrogen and oxygen atoms in total. The highest BCUT2D eigenvalue weighted by Gasteiger charge is 2.39. The van der Waals surface area contributed by atoms with Crippen molar-refractivity contribution in [2.24, 2.45) is 0 Å². The number of H-pyrrole nitrogens is 1. The number of phosphoric ester groups is 2. The predicted octanol–water partition coefficient (Wildman–Crippen LogP) is 10.7. The van der Waals surface area contributed by atoms with Gasteiger partial charge in [-0.3, -0.25) is 32.7 Å². The molecular formula is C41H69N3O12P2. The van der Waals surface area contributed by atoms with Gasteiger partial charge in [0.05, 0.1) is 19.8 Å². The van der Waals surface area contributed by atoms with Gasteiger partial charge >= 0.3 is 27.3 Å². The van der Waals surface area contributed by atoms with E-state index >= 15 is 0 Å².